The van der Waals surface area contributed by atoms with E-state index in [0.717, 1.165) is 0 Å². The summed E-state index contributed by atoms with van der Waals surface area (Å²) in [5.41, 5.74) is 6.29. The Balaban J connectivity index is 3.08. The van der Waals surface area contributed by atoms with E-state index in [4.69, 9.17) is 18.0 Å². The van der Waals surface area contributed by atoms with E-state index < -0.39 is 5.82 Å². The molecule has 1 amide bonds. The first kappa shape index (κ1) is 15.4. The summed E-state index contributed by atoms with van der Waals surface area (Å²) in [4.78, 5) is 13.4. The summed E-state index contributed by atoms with van der Waals surface area (Å²) in [6.07, 6.45) is 0. The highest BCUT2D eigenvalue weighted by molar-refractivity contribution is 7.80. The Morgan fingerprint density at radius 2 is 2.16 bits per heavy atom. The van der Waals surface area contributed by atoms with Crippen molar-refractivity contribution in [2.45, 2.75) is 13.8 Å². The van der Waals surface area contributed by atoms with Gasteiger partial charge in [0, 0.05) is 13.1 Å². The Morgan fingerprint density at radius 1 is 1.47 bits per heavy atom. The fraction of sp³-hybridized carbons (Fsp3) is 0.385. The van der Waals surface area contributed by atoms with E-state index >= 15 is 0 Å². The van der Waals surface area contributed by atoms with E-state index in [-0.39, 0.29) is 23.0 Å². The highest BCUT2D eigenvalue weighted by Crippen LogP contribution is 2.23. The van der Waals surface area contributed by atoms with E-state index in [0.29, 0.717) is 18.8 Å². The number of rotatable bonds is 6. The van der Waals surface area contributed by atoms with Gasteiger partial charge in [0.2, 0.25) is 5.91 Å². The van der Waals surface area contributed by atoms with E-state index in [2.05, 4.69) is 5.32 Å². The zero-order valence-corrected chi connectivity index (χ0v) is 11.9. The van der Waals surface area contributed by atoms with Gasteiger partial charge in [0.1, 0.15) is 10.8 Å². The minimum atomic E-state index is -0.473. The van der Waals surface area contributed by atoms with Gasteiger partial charge in [-0.05, 0) is 26.0 Å². The molecule has 104 valence electrons. The van der Waals surface area contributed by atoms with Crippen LogP contribution >= 0.6 is 12.2 Å². The highest BCUT2D eigenvalue weighted by atomic mass is 32.1. The van der Waals surface area contributed by atoms with Crippen LogP contribution in [-0.2, 0) is 4.79 Å². The number of carbonyl (C=O) groups excluding carboxylic acids is 1. The molecule has 0 radical (unpaired) electrons. The lowest BCUT2D eigenvalue weighted by Crippen LogP contribution is -2.38. The van der Waals surface area contributed by atoms with Gasteiger partial charge in [-0.15, -0.1) is 0 Å². The van der Waals surface area contributed by atoms with E-state index in [1.165, 1.54) is 6.07 Å². The molecule has 0 fully saturated rings. The molecule has 0 aliphatic heterocycles. The molecule has 0 spiro atoms. The molecule has 19 heavy (non-hydrogen) atoms. The molecule has 1 rings (SSSR count). The monoisotopic (exact) mass is 283 g/mol. The first-order valence-corrected chi connectivity index (χ1v) is 6.52. The number of benzene rings is 1. The summed E-state index contributed by atoms with van der Waals surface area (Å²) >= 11 is 4.88. The zero-order chi connectivity index (χ0) is 14.4. The highest BCUT2D eigenvalue weighted by Gasteiger charge is 2.17. The van der Waals surface area contributed by atoms with Crippen molar-refractivity contribution in [2.24, 2.45) is 5.73 Å². The number of hydrogen-bond acceptors (Lipinski definition) is 3. The van der Waals surface area contributed by atoms with Crippen molar-refractivity contribution in [3.05, 3.63) is 29.6 Å². The third-order valence-electron chi connectivity index (χ3n) is 2.67. The van der Waals surface area contributed by atoms with Gasteiger partial charge >= 0.3 is 0 Å². The van der Waals surface area contributed by atoms with Crippen LogP contribution in [0.2, 0.25) is 0 Å². The van der Waals surface area contributed by atoms with Crippen LogP contribution in [0.5, 0.6) is 0 Å². The Hall–Kier alpha value is -1.69. The summed E-state index contributed by atoms with van der Waals surface area (Å²) < 4.78 is 13.8. The summed E-state index contributed by atoms with van der Waals surface area (Å²) in [7, 11) is 0. The van der Waals surface area contributed by atoms with Crippen LogP contribution in [0.25, 0.3) is 0 Å². The summed E-state index contributed by atoms with van der Waals surface area (Å²) in [5.74, 6) is -0.596. The molecule has 0 aliphatic rings. The van der Waals surface area contributed by atoms with Gasteiger partial charge in [0.15, 0.2) is 0 Å². The van der Waals surface area contributed by atoms with Gasteiger partial charge in [0.25, 0.3) is 0 Å². The fourth-order valence-corrected chi connectivity index (χ4v) is 2.02. The van der Waals surface area contributed by atoms with Gasteiger partial charge in [-0.3, -0.25) is 4.79 Å². The Bertz CT molecular complexity index is 479. The maximum atomic E-state index is 13.8. The normalized spacial score (nSPS) is 10.1. The summed E-state index contributed by atoms with van der Waals surface area (Å²) in [6, 6.07) is 4.59. The van der Waals surface area contributed by atoms with Gasteiger partial charge < -0.3 is 16.0 Å². The topological polar surface area (TPSA) is 58.4 Å². The molecule has 0 saturated heterocycles. The molecule has 3 N–H and O–H groups in total. The van der Waals surface area contributed by atoms with Crippen LogP contribution in [0, 0.1) is 5.82 Å². The molecule has 0 unspecified atom stereocenters. The van der Waals surface area contributed by atoms with Crippen molar-refractivity contribution < 1.29 is 9.18 Å². The largest absolute Gasteiger partial charge is 0.389 e. The van der Waals surface area contributed by atoms with Crippen molar-refractivity contribution >= 4 is 28.8 Å². The number of amides is 1. The van der Waals surface area contributed by atoms with Crippen LogP contribution < -0.4 is 16.0 Å². The standard InChI is InChI=1S/C13H18FN3OS/c1-3-16-11(18)8-17(4-2)10-7-5-6-9(14)12(10)13(15)19/h5-7H,3-4,8H2,1-2H3,(H2,15,19)(H,16,18). The average Bonchev–Trinajstić information content (AvgIpc) is 2.35. The second-order valence-electron chi connectivity index (χ2n) is 3.97. The van der Waals surface area contributed by atoms with Crippen LogP contribution in [0.15, 0.2) is 18.2 Å². The molecule has 4 nitrogen and oxygen atoms in total. The molecule has 0 aromatic heterocycles. The first-order valence-electron chi connectivity index (χ1n) is 6.11. The molecule has 0 atom stereocenters. The minimum absolute atomic E-state index is 0.0116. The summed E-state index contributed by atoms with van der Waals surface area (Å²) in [6.45, 7) is 4.98. The van der Waals surface area contributed by atoms with Crippen LogP contribution in [-0.4, -0.2) is 30.5 Å². The SMILES string of the molecule is CCNC(=O)CN(CC)c1cccc(F)c1C(N)=S. The third kappa shape index (κ3) is 3.89. The van der Waals surface area contributed by atoms with E-state index in [9.17, 15) is 9.18 Å². The molecule has 1 aromatic rings. The zero-order valence-electron chi connectivity index (χ0n) is 11.1. The number of likely N-dealkylation sites (N-methyl/N-ethyl adjacent to an activating group) is 2. The predicted molar refractivity (Wildman–Crippen MR) is 78.9 cm³/mol. The van der Waals surface area contributed by atoms with E-state index in [1.807, 2.05) is 13.8 Å². The van der Waals surface area contributed by atoms with Crippen molar-refractivity contribution in [2.75, 3.05) is 24.5 Å². The lowest BCUT2D eigenvalue weighted by molar-refractivity contribution is -0.119. The summed E-state index contributed by atoms with van der Waals surface area (Å²) in [5, 5.41) is 2.70. The number of halogens is 1. The average molecular weight is 283 g/mol. The van der Waals surface area contributed by atoms with Crippen molar-refractivity contribution in [3.8, 4) is 0 Å². The second kappa shape index (κ2) is 7.04. The number of anilines is 1. The quantitative estimate of drug-likeness (QED) is 0.775. The van der Waals surface area contributed by atoms with Crippen LogP contribution in [0.1, 0.15) is 19.4 Å². The Kier molecular flexibility index (Phi) is 5.69. The van der Waals surface area contributed by atoms with Gasteiger partial charge in [0.05, 0.1) is 17.8 Å². The number of hydrogen-bond donors (Lipinski definition) is 2. The maximum absolute atomic E-state index is 13.8. The molecular weight excluding hydrogens is 265 g/mol. The van der Waals surface area contributed by atoms with Gasteiger partial charge in [-0.1, -0.05) is 18.3 Å². The number of nitrogens with two attached hydrogens (primary N) is 1. The first-order chi connectivity index (χ1) is 9.01. The van der Waals surface area contributed by atoms with Gasteiger partial charge in [-0.2, -0.15) is 0 Å². The van der Waals surface area contributed by atoms with Crippen molar-refractivity contribution in [1.82, 2.24) is 5.32 Å². The molecule has 0 bridgehead atoms. The lowest BCUT2D eigenvalue weighted by atomic mass is 10.1. The lowest BCUT2D eigenvalue weighted by Gasteiger charge is -2.25. The number of carbonyl (C=O) groups is 1. The predicted octanol–water partition coefficient (Wildman–Crippen LogP) is 1.42. The smallest absolute Gasteiger partial charge is 0.239 e. The van der Waals surface area contributed by atoms with Gasteiger partial charge in [-0.25, -0.2) is 4.39 Å². The second-order valence-corrected chi connectivity index (χ2v) is 4.41. The molecule has 1 aromatic carbocycles. The van der Waals surface area contributed by atoms with Crippen LogP contribution in [0.3, 0.4) is 0 Å². The third-order valence-corrected chi connectivity index (χ3v) is 2.87. The number of thiocarbonyl (C=S) groups is 1. The van der Waals surface area contributed by atoms with Crippen molar-refractivity contribution in [3.63, 3.8) is 0 Å². The Morgan fingerprint density at radius 3 is 2.68 bits per heavy atom. The fourth-order valence-electron chi connectivity index (χ4n) is 1.81. The van der Waals surface area contributed by atoms with Crippen molar-refractivity contribution in [1.29, 1.82) is 0 Å². The Labute approximate surface area is 117 Å². The molecule has 0 aliphatic carbocycles. The minimum Gasteiger partial charge on any atom is -0.389 e. The molecular formula is C13H18FN3OS. The number of nitrogens with one attached hydrogen (secondary N) is 1. The molecule has 0 heterocycles. The maximum Gasteiger partial charge on any atom is 0.239 e. The molecule has 0 saturated carbocycles. The van der Waals surface area contributed by atoms with E-state index in [1.54, 1.807) is 17.0 Å². The number of nitrogens with zero attached hydrogens (tertiary/aromatic N) is 1. The molecule has 6 heteroatoms. The van der Waals surface area contributed by atoms with Crippen LogP contribution in [0.4, 0.5) is 10.1 Å².